The monoisotopic (exact) mass is 273 g/mol. The van der Waals surface area contributed by atoms with Crippen molar-refractivity contribution in [2.45, 2.75) is 26.2 Å². The van der Waals surface area contributed by atoms with E-state index >= 15 is 0 Å². The maximum atomic E-state index is 4.68. The van der Waals surface area contributed by atoms with Crippen LogP contribution in [0.1, 0.15) is 24.8 Å². The van der Waals surface area contributed by atoms with Crippen molar-refractivity contribution < 1.29 is 0 Å². The van der Waals surface area contributed by atoms with Crippen molar-refractivity contribution >= 4 is 11.3 Å². The maximum Gasteiger partial charge on any atom is 0.208 e. The van der Waals surface area contributed by atoms with Crippen LogP contribution in [0.2, 0.25) is 0 Å². The second-order valence-electron chi connectivity index (χ2n) is 4.26. The standard InChI is InChI=1S/C15H19N3S/c1-3-5-11-14-17-18(13-9-7-6-8-10-13)15(19-14)16-12-4-2/h4,6-10H,2-3,5,11-12H2,1H3. The van der Waals surface area contributed by atoms with Crippen molar-refractivity contribution in [2.24, 2.45) is 4.99 Å². The minimum Gasteiger partial charge on any atom is -0.253 e. The van der Waals surface area contributed by atoms with E-state index in [2.05, 4.69) is 35.7 Å². The van der Waals surface area contributed by atoms with Crippen LogP contribution in [0.4, 0.5) is 0 Å². The third kappa shape index (κ3) is 3.64. The summed E-state index contributed by atoms with van der Waals surface area (Å²) in [6, 6.07) is 10.1. The van der Waals surface area contributed by atoms with Crippen LogP contribution >= 0.6 is 11.3 Å². The molecule has 0 fully saturated rings. The van der Waals surface area contributed by atoms with Crippen LogP contribution in [-0.4, -0.2) is 16.3 Å². The van der Waals surface area contributed by atoms with Gasteiger partial charge in [0.25, 0.3) is 0 Å². The molecule has 100 valence electrons. The molecule has 0 spiro atoms. The molecule has 1 aromatic carbocycles. The molecule has 2 aromatic rings. The van der Waals surface area contributed by atoms with Gasteiger partial charge in [-0.25, -0.2) is 4.68 Å². The maximum absolute atomic E-state index is 4.68. The number of aryl methyl sites for hydroxylation is 1. The molecule has 0 unspecified atom stereocenters. The van der Waals surface area contributed by atoms with Crippen molar-refractivity contribution in [1.29, 1.82) is 0 Å². The molecule has 0 aliphatic carbocycles. The highest BCUT2D eigenvalue weighted by Gasteiger charge is 2.05. The van der Waals surface area contributed by atoms with E-state index in [1.165, 1.54) is 12.8 Å². The molecule has 0 N–H and O–H groups in total. The van der Waals surface area contributed by atoms with E-state index in [-0.39, 0.29) is 0 Å². The fourth-order valence-electron chi connectivity index (χ4n) is 1.73. The lowest BCUT2D eigenvalue weighted by atomic mass is 10.3. The van der Waals surface area contributed by atoms with Gasteiger partial charge < -0.3 is 0 Å². The number of unbranched alkanes of at least 4 members (excludes halogenated alkanes) is 1. The molecule has 0 aliphatic heterocycles. The van der Waals surface area contributed by atoms with Crippen LogP contribution in [0.15, 0.2) is 48.0 Å². The lowest BCUT2D eigenvalue weighted by Crippen LogP contribution is -2.14. The Hall–Kier alpha value is -1.68. The van der Waals surface area contributed by atoms with Gasteiger partial charge in [-0.15, -0.1) is 6.58 Å². The average Bonchev–Trinajstić information content (AvgIpc) is 2.87. The van der Waals surface area contributed by atoms with Gasteiger partial charge in [-0.05, 0) is 18.6 Å². The van der Waals surface area contributed by atoms with Crippen LogP contribution < -0.4 is 4.80 Å². The van der Waals surface area contributed by atoms with Gasteiger partial charge in [0.15, 0.2) is 0 Å². The van der Waals surface area contributed by atoms with E-state index in [4.69, 9.17) is 0 Å². The summed E-state index contributed by atoms with van der Waals surface area (Å²) in [5, 5.41) is 5.82. The molecule has 0 aliphatic rings. The van der Waals surface area contributed by atoms with Gasteiger partial charge in [0, 0.05) is 6.42 Å². The normalized spacial score (nSPS) is 11.7. The molecule has 0 amide bonds. The predicted molar refractivity (Wildman–Crippen MR) is 80.7 cm³/mol. The van der Waals surface area contributed by atoms with Gasteiger partial charge in [-0.3, -0.25) is 4.99 Å². The van der Waals surface area contributed by atoms with E-state index in [9.17, 15) is 0 Å². The fourth-order valence-corrected chi connectivity index (χ4v) is 2.68. The van der Waals surface area contributed by atoms with Crippen molar-refractivity contribution in [2.75, 3.05) is 6.54 Å². The van der Waals surface area contributed by atoms with Crippen molar-refractivity contribution in [3.8, 4) is 5.69 Å². The van der Waals surface area contributed by atoms with Crippen LogP contribution in [0, 0.1) is 0 Å². The van der Waals surface area contributed by atoms with Gasteiger partial charge in [-0.2, -0.15) is 5.10 Å². The lowest BCUT2D eigenvalue weighted by molar-refractivity contribution is 0.744. The molecule has 0 radical (unpaired) electrons. The largest absolute Gasteiger partial charge is 0.253 e. The topological polar surface area (TPSA) is 30.2 Å². The van der Waals surface area contributed by atoms with Gasteiger partial charge in [0.2, 0.25) is 4.80 Å². The molecule has 1 heterocycles. The Morgan fingerprint density at radius 2 is 2.16 bits per heavy atom. The van der Waals surface area contributed by atoms with Crippen LogP contribution in [0.5, 0.6) is 0 Å². The minimum absolute atomic E-state index is 0.627. The van der Waals surface area contributed by atoms with Gasteiger partial charge in [0.1, 0.15) is 5.01 Å². The van der Waals surface area contributed by atoms with Crippen molar-refractivity contribution in [3.63, 3.8) is 0 Å². The molecule has 19 heavy (non-hydrogen) atoms. The SMILES string of the molecule is C=CCN=c1sc(CCCC)nn1-c1ccccc1. The molecule has 0 atom stereocenters. The van der Waals surface area contributed by atoms with Crippen molar-refractivity contribution in [1.82, 2.24) is 9.78 Å². The Morgan fingerprint density at radius 3 is 2.84 bits per heavy atom. The van der Waals surface area contributed by atoms with E-state index in [0.717, 1.165) is 21.9 Å². The highest BCUT2D eigenvalue weighted by molar-refractivity contribution is 7.08. The number of nitrogens with zero attached hydrogens (tertiary/aromatic N) is 3. The number of aromatic nitrogens is 2. The zero-order valence-corrected chi connectivity index (χ0v) is 12.1. The lowest BCUT2D eigenvalue weighted by Gasteiger charge is -1.99. The second kappa shape index (κ2) is 7.04. The fraction of sp³-hybridized carbons (Fsp3) is 0.333. The first kappa shape index (κ1) is 13.7. The highest BCUT2D eigenvalue weighted by atomic mass is 32.1. The summed E-state index contributed by atoms with van der Waals surface area (Å²) in [6.07, 6.45) is 5.19. The number of hydrogen-bond donors (Lipinski definition) is 0. The number of benzene rings is 1. The first-order valence-corrected chi connectivity index (χ1v) is 7.42. The van der Waals surface area contributed by atoms with E-state index in [1.54, 1.807) is 17.4 Å². The Kier molecular flexibility index (Phi) is 5.10. The van der Waals surface area contributed by atoms with Crippen LogP contribution in [0.25, 0.3) is 5.69 Å². The minimum atomic E-state index is 0.627. The molecule has 0 saturated carbocycles. The summed E-state index contributed by atoms with van der Waals surface area (Å²) >= 11 is 1.67. The van der Waals surface area contributed by atoms with E-state index in [0.29, 0.717) is 6.54 Å². The number of hydrogen-bond acceptors (Lipinski definition) is 3. The molecular formula is C15H19N3S. The zero-order valence-electron chi connectivity index (χ0n) is 11.2. The Balaban J connectivity index is 2.39. The molecule has 4 heteroatoms. The van der Waals surface area contributed by atoms with Crippen LogP contribution in [-0.2, 0) is 6.42 Å². The van der Waals surface area contributed by atoms with Gasteiger partial charge >= 0.3 is 0 Å². The quantitative estimate of drug-likeness (QED) is 0.742. The summed E-state index contributed by atoms with van der Waals surface area (Å²) in [5.41, 5.74) is 1.06. The highest BCUT2D eigenvalue weighted by Crippen LogP contribution is 2.09. The number of para-hydroxylation sites is 1. The molecule has 0 bridgehead atoms. The van der Waals surface area contributed by atoms with Crippen molar-refractivity contribution in [3.05, 3.63) is 52.8 Å². The Labute approximate surface area is 118 Å². The average molecular weight is 273 g/mol. The first-order chi connectivity index (χ1) is 9.35. The zero-order chi connectivity index (χ0) is 13.5. The third-order valence-electron chi connectivity index (χ3n) is 2.70. The molecule has 3 nitrogen and oxygen atoms in total. The predicted octanol–water partition coefficient (Wildman–Crippen LogP) is 3.36. The molecular weight excluding hydrogens is 254 g/mol. The Morgan fingerprint density at radius 1 is 1.37 bits per heavy atom. The van der Waals surface area contributed by atoms with Crippen LogP contribution in [0.3, 0.4) is 0 Å². The van der Waals surface area contributed by atoms with Gasteiger partial charge in [0.05, 0.1) is 12.2 Å². The summed E-state index contributed by atoms with van der Waals surface area (Å²) in [5.74, 6) is 0. The number of rotatable bonds is 6. The second-order valence-corrected chi connectivity index (χ2v) is 5.30. The first-order valence-electron chi connectivity index (χ1n) is 6.61. The van der Waals surface area contributed by atoms with E-state index in [1.807, 2.05) is 22.9 Å². The summed E-state index contributed by atoms with van der Waals surface area (Å²) in [7, 11) is 0. The molecule has 1 aromatic heterocycles. The molecule has 0 saturated heterocycles. The summed E-state index contributed by atoms with van der Waals surface area (Å²) in [4.78, 5) is 5.47. The summed E-state index contributed by atoms with van der Waals surface area (Å²) < 4.78 is 1.93. The third-order valence-corrected chi connectivity index (χ3v) is 3.71. The molecule has 2 rings (SSSR count). The smallest absolute Gasteiger partial charge is 0.208 e. The Bertz CT molecular complexity index is 581. The summed E-state index contributed by atoms with van der Waals surface area (Å²) in [6.45, 7) is 6.54. The van der Waals surface area contributed by atoms with Gasteiger partial charge in [-0.1, -0.05) is 49.0 Å². The van der Waals surface area contributed by atoms with E-state index < -0.39 is 0 Å².